The van der Waals surface area contributed by atoms with Crippen LogP contribution in [0.25, 0.3) is 11.4 Å². The van der Waals surface area contributed by atoms with Crippen molar-refractivity contribution in [3.8, 4) is 17.1 Å². The van der Waals surface area contributed by atoms with Gasteiger partial charge in [0.1, 0.15) is 5.75 Å². The molecule has 0 spiro atoms. The minimum absolute atomic E-state index is 0.600. The quantitative estimate of drug-likeness (QED) is 0.787. The van der Waals surface area contributed by atoms with Gasteiger partial charge < -0.3 is 14.6 Å². The number of nitrogens with one attached hydrogen (secondary N) is 1. The van der Waals surface area contributed by atoms with Crippen molar-refractivity contribution in [3.63, 3.8) is 0 Å². The van der Waals surface area contributed by atoms with Crippen molar-refractivity contribution < 1.29 is 9.26 Å². The first-order valence-corrected chi connectivity index (χ1v) is 6.86. The number of methoxy groups -OCH3 is 1. The van der Waals surface area contributed by atoms with Crippen LogP contribution >= 0.6 is 0 Å². The third kappa shape index (κ3) is 4.06. The van der Waals surface area contributed by atoms with Gasteiger partial charge in [-0.3, -0.25) is 0 Å². The third-order valence-electron chi connectivity index (χ3n) is 2.86. The van der Waals surface area contributed by atoms with E-state index in [-0.39, 0.29) is 0 Å². The fourth-order valence-electron chi connectivity index (χ4n) is 1.82. The Hall–Kier alpha value is -1.88. The standard InChI is InChI=1S/C15H21N3O2/c1-11(2)10-16-8-7-14-17-15(18-20-14)12-5-4-6-13(9-12)19-3/h4-6,9,11,16H,7-8,10H2,1-3H3. The Morgan fingerprint density at radius 2 is 2.20 bits per heavy atom. The fraction of sp³-hybridized carbons (Fsp3) is 0.467. The van der Waals surface area contributed by atoms with Crippen molar-refractivity contribution in [2.75, 3.05) is 20.2 Å². The molecule has 0 saturated carbocycles. The highest BCUT2D eigenvalue weighted by Crippen LogP contribution is 2.21. The molecule has 2 aromatic rings. The number of aromatic nitrogens is 2. The van der Waals surface area contributed by atoms with E-state index in [2.05, 4.69) is 29.3 Å². The van der Waals surface area contributed by atoms with E-state index in [0.29, 0.717) is 17.6 Å². The van der Waals surface area contributed by atoms with Crippen LogP contribution in [-0.2, 0) is 6.42 Å². The molecule has 1 aromatic heterocycles. The molecule has 5 nitrogen and oxygen atoms in total. The van der Waals surface area contributed by atoms with Gasteiger partial charge in [0.05, 0.1) is 7.11 Å². The van der Waals surface area contributed by atoms with Gasteiger partial charge in [0.2, 0.25) is 11.7 Å². The normalized spacial score (nSPS) is 11.0. The van der Waals surface area contributed by atoms with Gasteiger partial charge in [-0.25, -0.2) is 0 Å². The van der Waals surface area contributed by atoms with Crippen LogP contribution in [0.4, 0.5) is 0 Å². The van der Waals surface area contributed by atoms with Crippen molar-refractivity contribution in [3.05, 3.63) is 30.2 Å². The molecule has 0 unspecified atom stereocenters. The molecular weight excluding hydrogens is 254 g/mol. The second-order valence-corrected chi connectivity index (χ2v) is 5.09. The zero-order valence-electron chi connectivity index (χ0n) is 12.2. The molecule has 0 radical (unpaired) electrons. The minimum atomic E-state index is 0.600. The first-order valence-electron chi connectivity index (χ1n) is 6.86. The molecule has 0 fully saturated rings. The van der Waals surface area contributed by atoms with E-state index < -0.39 is 0 Å². The summed E-state index contributed by atoms with van der Waals surface area (Å²) in [5, 5.41) is 7.36. The maximum absolute atomic E-state index is 5.26. The summed E-state index contributed by atoms with van der Waals surface area (Å²) < 4.78 is 10.4. The molecule has 0 amide bonds. The van der Waals surface area contributed by atoms with Crippen molar-refractivity contribution >= 4 is 0 Å². The van der Waals surface area contributed by atoms with E-state index in [9.17, 15) is 0 Å². The van der Waals surface area contributed by atoms with Gasteiger partial charge in [0, 0.05) is 18.5 Å². The average Bonchev–Trinajstić information content (AvgIpc) is 2.92. The van der Waals surface area contributed by atoms with E-state index in [0.717, 1.165) is 30.8 Å². The Bertz CT molecular complexity index is 537. The predicted molar refractivity (Wildman–Crippen MR) is 77.7 cm³/mol. The molecule has 0 bridgehead atoms. The van der Waals surface area contributed by atoms with E-state index in [1.54, 1.807) is 7.11 Å². The van der Waals surface area contributed by atoms with Crippen molar-refractivity contribution in [2.45, 2.75) is 20.3 Å². The molecule has 0 saturated heterocycles. The van der Waals surface area contributed by atoms with Crippen LogP contribution in [-0.4, -0.2) is 30.3 Å². The van der Waals surface area contributed by atoms with Crippen LogP contribution in [0.2, 0.25) is 0 Å². The summed E-state index contributed by atoms with van der Waals surface area (Å²) in [7, 11) is 1.64. The number of nitrogens with zero attached hydrogens (tertiary/aromatic N) is 2. The fourth-order valence-corrected chi connectivity index (χ4v) is 1.82. The Balaban J connectivity index is 1.94. The summed E-state index contributed by atoms with van der Waals surface area (Å²) in [6.07, 6.45) is 0.740. The molecule has 1 N–H and O–H groups in total. The summed E-state index contributed by atoms with van der Waals surface area (Å²) in [6, 6.07) is 7.63. The summed E-state index contributed by atoms with van der Waals surface area (Å²) in [6.45, 7) is 6.20. The number of rotatable bonds is 7. The summed E-state index contributed by atoms with van der Waals surface area (Å²) >= 11 is 0. The Morgan fingerprint density at radius 1 is 1.35 bits per heavy atom. The van der Waals surface area contributed by atoms with Crippen LogP contribution in [0, 0.1) is 5.92 Å². The monoisotopic (exact) mass is 275 g/mol. The molecule has 0 aliphatic heterocycles. The van der Waals surface area contributed by atoms with Gasteiger partial charge in [-0.15, -0.1) is 0 Å². The number of hydrogen-bond acceptors (Lipinski definition) is 5. The highest BCUT2D eigenvalue weighted by atomic mass is 16.5. The van der Waals surface area contributed by atoms with Crippen LogP contribution < -0.4 is 10.1 Å². The lowest BCUT2D eigenvalue weighted by Gasteiger charge is -2.04. The first-order chi connectivity index (χ1) is 9.69. The largest absolute Gasteiger partial charge is 0.497 e. The van der Waals surface area contributed by atoms with Crippen LogP contribution in [0.5, 0.6) is 5.75 Å². The van der Waals surface area contributed by atoms with E-state index in [4.69, 9.17) is 9.26 Å². The van der Waals surface area contributed by atoms with Crippen LogP contribution in [0.15, 0.2) is 28.8 Å². The Morgan fingerprint density at radius 3 is 2.95 bits per heavy atom. The van der Waals surface area contributed by atoms with E-state index in [1.807, 2.05) is 24.3 Å². The number of benzene rings is 1. The SMILES string of the molecule is COc1cccc(-c2noc(CCNCC(C)C)n2)c1. The van der Waals surface area contributed by atoms with Crippen molar-refractivity contribution in [1.29, 1.82) is 0 Å². The highest BCUT2D eigenvalue weighted by Gasteiger charge is 2.09. The van der Waals surface area contributed by atoms with Gasteiger partial charge in [0.25, 0.3) is 0 Å². The summed E-state index contributed by atoms with van der Waals surface area (Å²) in [5.74, 6) is 2.68. The topological polar surface area (TPSA) is 60.2 Å². The molecule has 2 rings (SSSR count). The summed E-state index contributed by atoms with van der Waals surface area (Å²) in [5.41, 5.74) is 0.898. The molecule has 1 heterocycles. The van der Waals surface area contributed by atoms with E-state index >= 15 is 0 Å². The van der Waals surface area contributed by atoms with E-state index in [1.165, 1.54) is 0 Å². The first kappa shape index (κ1) is 14.5. The molecule has 0 aliphatic rings. The lowest BCUT2D eigenvalue weighted by Crippen LogP contribution is -2.22. The smallest absolute Gasteiger partial charge is 0.228 e. The van der Waals surface area contributed by atoms with Crippen molar-refractivity contribution in [1.82, 2.24) is 15.5 Å². The lowest BCUT2D eigenvalue weighted by molar-refractivity contribution is 0.375. The van der Waals surface area contributed by atoms with Gasteiger partial charge in [0.15, 0.2) is 0 Å². The molecule has 1 aromatic carbocycles. The zero-order valence-corrected chi connectivity index (χ0v) is 12.2. The maximum atomic E-state index is 5.26. The molecule has 5 heteroatoms. The van der Waals surface area contributed by atoms with Gasteiger partial charge in [-0.2, -0.15) is 4.98 Å². The van der Waals surface area contributed by atoms with Gasteiger partial charge in [-0.05, 0) is 24.6 Å². The molecule has 20 heavy (non-hydrogen) atoms. The Kier molecular flexibility index (Phi) is 5.12. The van der Waals surface area contributed by atoms with Gasteiger partial charge >= 0.3 is 0 Å². The second kappa shape index (κ2) is 7.05. The summed E-state index contributed by atoms with van der Waals surface area (Å²) in [4.78, 5) is 4.40. The second-order valence-electron chi connectivity index (χ2n) is 5.09. The number of hydrogen-bond donors (Lipinski definition) is 1. The Labute approximate surface area is 119 Å². The predicted octanol–water partition coefficient (Wildman–Crippen LogP) is 2.53. The zero-order chi connectivity index (χ0) is 14.4. The molecule has 0 aliphatic carbocycles. The minimum Gasteiger partial charge on any atom is -0.497 e. The van der Waals surface area contributed by atoms with Crippen LogP contribution in [0.3, 0.4) is 0 Å². The third-order valence-corrected chi connectivity index (χ3v) is 2.86. The molecule has 108 valence electrons. The van der Waals surface area contributed by atoms with Gasteiger partial charge in [-0.1, -0.05) is 31.1 Å². The molecule has 0 atom stereocenters. The average molecular weight is 275 g/mol. The maximum Gasteiger partial charge on any atom is 0.228 e. The van der Waals surface area contributed by atoms with Crippen LogP contribution in [0.1, 0.15) is 19.7 Å². The highest BCUT2D eigenvalue weighted by molar-refractivity contribution is 5.56. The molecular formula is C15H21N3O2. The lowest BCUT2D eigenvalue weighted by atomic mass is 10.2. The number of ether oxygens (including phenoxy) is 1. The van der Waals surface area contributed by atoms with Crippen molar-refractivity contribution in [2.24, 2.45) is 5.92 Å².